The van der Waals surface area contributed by atoms with Crippen LogP contribution in [0.1, 0.15) is 12.8 Å². The number of hydrogen-bond acceptors (Lipinski definition) is 3. The van der Waals surface area contributed by atoms with Crippen LogP contribution >= 0.6 is 0 Å². The van der Waals surface area contributed by atoms with Gasteiger partial charge in [0, 0.05) is 12.6 Å². The van der Waals surface area contributed by atoms with E-state index < -0.39 is 0 Å². The number of nitrogens with zero attached hydrogens (tertiary/aromatic N) is 1. The average Bonchev–Trinajstić information content (AvgIpc) is 2.33. The Balaban J connectivity index is 1.97. The monoisotopic (exact) mass is 127 g/mol. The van der Waals surface area contributed by atoms with Crippen LogP contribution in [-0.2, 0) is 0 Å². The van der Waals surface area contributed by atoms with Gasteiger partial charge in [0.05, 0.1) is 6.67 Å². The Morgan fingerprint density at radius 3 is 3.00 bits per heavy atom. The van der Waals surface area contributed by atoms with Crippen LogP contribution in [0.3, 0.4) is 0 Å². The summed E-state index contributed by atoms with van der Waals surface area (Å²) in [6.07, 6.45) is 2.65. The van der Waals surface area contributed by atoms with Crippen molar-refractivity contribution in [3.8, 4) is 0 Å². The van der Waals surface area contributed by atoms with Crippen LogP contribution in [0, 0.1) is 0 Å². The maximum absolute atomic E-state index is 3.33. The fraction of sp³-hybridized carbons (Fsp3) is 1.00. The second-order valence-corrected chi connectivity index (χ2v) is 2.77. The highest BCUT2D eigenvalue weighted by Gasteiger charge is 2.25. The molecule has 2 rings (SSSR count). The lowest BCUT2D eigenvalue weighted by Gasteiger charge is -2.29. The van der Waals surface area contributed by atoms with E-state index in [4.69, 9.17) is 0 Å². The van der Waals surface area contributed by atoms with Crippen LogP contribution in [0.5, 0.6) is 0 Å². The number of hydrogen-bond donors (Lipinski definition) is 2. The van der Waals surface area contributed by atoms with Crippen LogP contribution in [0.25, 0.3) is 0 Å². The van der Waals surface area contributed by atoms with Gasteiger partial charge in [-0.2, -0.15) is 0 Å². The van der Waals surface area contributed by atoms with E-state index in [1.807, 2.05) is 0 Å². The molecule has 0 spiro atoms. The Hall–Kier alpha value is -0.120. The number of nitrogens with one attached hydrogen (secondary N) is 2. The molecule has 0 radical (unpaired) electrons. The van der Waals surface area contributed by atoms with Gasteiger partial charge < -0.3 is 5.32 Å². The molecule has 0 bridgehead atoms. The summed E-state index contributed by atoms with van der Waals surface area (Å²) in [5.41, 5.74) is 3.33. The summed E-state index contributed by atoms with van der Waals surface area (Å²) in [6, 6.07) is 0.825. The molecule has 2 saturated heterocycles. The van der Waals surface area contributed by atoms with Crippen molar-refractivity contribution < 1.29 is 0 Å². The maximum atomic E-state index is 3.33. The van der Waals surface area contributed by atoms with Gasteiger partial charge in [-0.25, -0.2) is 5.01 Å². The van der Waals surface area contributed by atoms with Gasteiger partial charge in [-0.3, -0.25) is 5.43 Å². The molecular formula is C6H13N3. The maximum Gasteiger partial charge on any atom is 0.0624 e. The molecular weight excluding hydrogens is 114 g/mol. The molecule has 0 aromatic rings. The molecule has 3 heteroatoms. The predicted octanol–water partition coefficient (Wildman–Crippen LogP) is -0.484. The first-order valence-corrected chi connectivity index (χ1v) is 3.68. The minimum absolute atomic E-state index is 0.825. The SMILES string of the molecule is C1CC2CCNN2CN1. The molecule has 0 aromatic heterocycles. The molecule has 0 amide bonds. The first kappa shape index (κ1) is 5.65. The topological polar surface area (TPSA) is 27.3 Å². The van der Waals surface area contributed by atoms with Gasteiger partial charge >= 0.3 is 0 Å². The smallest absolute Gasteiger partial charge is 0.0624 e. The number of rotatable bonds is 0. The summed E-state index contributed by atoms with van der Waals surface area (Å²) in [7, 11) is 0. The van der Waals surface area contributed by atoms with Gasteiger partial charge in [-0.1, -0.05) is 0 Å². The summed E-state index contributed by atoms with van der Waals surface area (Å²) in [5.74, 6) is 0. The summed E-state index contributed by atoms with van der Waals surface area (Å²) in [5, 5.41) is 5.63. The Morgan fingerprint density at radius 2 is 2.11 bits per heavy atom. The lowest BCUT2D eigenvalue weighted by atomic mass is 10.1. The molecule has 1 atom stereocenters. The Kier molecular flexibility index (Phi) is 1.41. The summed E-state index contributed by atoms with van der Waals surface area (Å²) >= 11 is 0. The standard InChI is InChI=1S/C6H13N3/c1-3-7-5-9-6(1)2-4-8-9/h6-8H,1-5H2. The molecule has 2 N–H and O–H groups in total. The zero-order valence-electron chi connectivity index (χ0n) is 5.56. The lowest BCUT2D eigenvalue weighted by Crippen LogP contribution is -2.49. The first-order valence-electron chi connectivity index (χ1n) is 3.68. The van der Waals surface area contributed by atoms with E-state index >= 15 is 0 Å². The van der Waals surface area contributed by atoms with E-state index in [2.05, 4.69) is 15.8 Å². The van der Waals surface area contributed by atoms with Crippen LogP contribution in [0.4, 0.5) is 0 Å². The van der Waals surface area contributed by atoms with E-state index in [0.717, 1.165) is 12.7 Å². The van der Waals surface area contributed by atoms with Gasteiger partial charge in [0.25, 0.3) is 0 Å². The fourth-order valence-corrected chi connectivity index (χ4v) is 1.61. The Morgan fingerprint density at radius 1 is 1.22 bits per heavy atom. The Labute approximate surface area is 55.4 Å². The summed E-state index contributed by atoms with van der Waals surface area (Å²) in [6.45, 7) is 3.40. The zero-order valence-corrected chi connectivity index (χ0v) is 5.56. The first-order chi connectivity index (χ1) is 4.47. The van der Waals surface area contributed by atoms with Crippen molar-refractivity contribution in [3.63, 3.8) is 0 Å². The van der Waals surface area contributed by atoms with Crippen molar-refractivity contribution in [3.05, 3.63) is 0 Å². The highest BCUT2D eigenvalue weighted by Crippen LogP contribution is 2.13. The van der Waals surface area contributed by atoms with Crippen LogP contribution in [-0.4, -0.2) is 30.8 Å². The largest absolute Gasteiger partial charge is 0.303 e. The van der Waals surface area contributed by atoms with Crippen molar-refractivity contribution in [1.82, 2.24) is 15.8 Å². The zero-order chi connectivity index (χ0) is 6.10. The van der Waals surface area contributed by atoms with Crippen molar-refractivity contribution in [2.45, 2.75) is 18.9 Å². The summed E-state index contributed by atoms with van der Waals surface area (Å²) in [4.78, 5) is 0. The highest BCUT2D eigenvalue weighted by atomic mass is 15.6. The number of fused-ring (bicyclic) bond motifs is 1. The van der Waals surface area contributed by atoms with Gasteiger partial charge in [0.1, 0.15) is 0 Å². The van der Waals surface area contributed by atoms with E-state index in [9.17, 15) is 0 Å². The molecule has 0 saturated carbocycles. The van der Waals surface area contributed by atoms with Crippen molar-refractivity contribution in [2.75, 3.05) is 19.8 Å². The molecule has 2 fully saturated rings. The molecule has 2 heterocycles. The van der Waals surface area contributed by atoms with Gasteiger partial charge in [-0.05, 0) is 19.4 Å². The molecule has 0 aliphatic carbocycles. The van der Waals surface area contributed by atoms with E-state index in [-0.39, 0.29) is 0 Å². The molecule has 1 unspecified atom stereocenters. The van der Waals surface area contributed by atoms with Crippen LogP contribution < -0.4 is 10.7 Å². The third-order valence-corrected chi connectivity index (χ3v) is 2.17. The second kappa shape index (κ2) is 2.25. The van der Waals surface area contributed by atoms with Gasteiger partial charge in [0.15, 0.2) is 0 Å². The number of hydrazine groups is 1. The molecule has 2 aliphatic rings. The predicted molar refractivity (Wildman–Crippen MR) is 35.7 cm³/mol. The third-order valence-electron chi connectivity index (χ3n) is 2.17. The van der Waals surface area contributed by atoms with Gasteiger partial charge in [0.2, 0.25) is 0 Å². The average molecular weight is 127 g/mol. The molecule has 0 aromatic carbocycles. The van der Waals surface area contributed by atoms with Crippen molar-refractivity contribution in [2.24, 2.45) is 0 Å². The second-order valence-electron chi connectivity index (χ2n) is 2.77. The fourth-order valence-electron chi connectivity index (χ4n) is 1.61. The molecule has 3 nitrogen and oxygen atoms in total. The molecule has 9 heavy (non-hydrogen) atoms. The third kappa shape index (κ3) is 0.956. The molecule has 52 valence electrons. The lowest BCUT2D eigenvalue weighted by molar-refractivity contribution is 0.133. The summed E-state index contributed by atoms with van der Waals surface area (Å²) < 4.78 is 0. The minimum Gasteiger partial charge on any atom is -0.303 e. The highest BCUT2D eigenvalue weighted by molar-refractivity contribution is 4.79. The van der Waals surface area contributed by atoms with E-state index in [1.54, 1.807) is 0 Å². The quantitative estimate of drug-likeness (QED) is 0.460. The van der Waals surface area contributed by atoms with Crippen LogP contribution in [0.2, 0.25) is 0 Å². The molecule has 2 aliphatic heterocycles. The van der Waals surface area contributed by atoms with E-state index in [1.165, 1.54) is 25.9 Å². The van der Waals surface area contributed by atoms with Gasteiger partial charge in [-0.15, -0.1) is 0 Å². The minimum atomic E-state index is 0.825. The Bertz CT molecular complexity index is 92.5. The van der Waals surface area contributed by atoms with Crippen molar-refractivity contribution >= 4 is 0 Å². The normalized spacial score (nSPS) is 36.7. The van der Waals surface area contributed by atoms with Crippen molar-refractivity contribution in [1.29, 1.82) is 0 Å². The van der Waals surface area contributed by atoms with E-state index in [0.29, 0.717) is 0 Å². The van der Waals surface area contributed by atoms with Crippen LogP contribution in [0.15, 0.2) is 0 Å².